The molecule has 3 rings (SSSR count). The van der Waals surface area contributed by atoms with Gasteiger partial charge in [0.1, 0.15) is 11.6 Å². The van der Waals surface area contributed by atoms with Crippen LogP contribution in [0.4, 0.5) is 0 Å². The Labute approximate surface area is 135 Å². The highest BCUT2D eigenvalue weighted by atomic mass is 32.2. The first-order valence-electron chi connectivity index (χ1n) is 7.80. The highest BCUT2D eigenvalue weighted by molar-refractivity contribution is 7.99. The highest BCUT2D eigenvalue weighted by Crippen LogP contribution is 2.50. The summed E-state index contributed by atoms with van der Waals surface area (Å²) in [6.07, 6.45) is 6.87. The number of thioether (sulfide) groups is 1. The molecule has 0 atom stereocenters. The average molecular weight is 319 g/mol. The van der Waals surface area contributed by atoms with Gasteiger partial charge in [-0.2, -0.15) is 16.8 Å². The lowest BCUT2D eigenvalue weighted by atomic mass is 9.72. The largest absolute Gasteiger partial charge is 0.493 e. The van der Waals surface area contributed by atoms with E-state index in [0.29, 0.717) is 0 Å². The summed E-state index contributed by atoms with van der Waals surface area (Å²) >= 11 is 1.97. The van der Waals surface area contributed by atoms with Gasteiger partial charge in [0.25, 0.3) is 0 Å². The predicted molar refractivity (Wildman–Crippen MR) is 87.6 cm³/mol. The van der Waals surface area contributed by atoms with Crippen LogP contribution in [0.3, 0.4) is 0 Å². The fourth-order valence-electron chi connectivity index (χ4n) is 3.17. The summed E-state index contributed by atoms with van der Waals surface area (Å²) in [6.45, 7) is 0. The minimum absolute atomic E-state index is 0.216. The van der Waals surface area contributed by atoms with Gasteiger partial charge in [-0.25, -0.2) is 4.79 Å². The van der Waals surface area contributed by atoms with Crippen LogP contribution in [0.5, 0.6) is 11.5 Å². The van der Waals surface area contributed by atoms with E-state index in [4.69, 9.17) is 9.47 Å². The third-order valence-corrected chi connectivity index (χ3v) is 5.64. The fraction of sp³-hybridized carbons (Fsp3) is 0.588. The zero-order valence-electron chi connectivity index (χ0n) is 12.8. The molecule has 0 bridgehead atoms. The van der Waals surface area contributed by atoms with Gasteiger partial charge in [0.2, 0.25) is 6.08 Å². The van der Waals surface area contributed by atoms with Gasteiger partial charge in [-0.1, -0.05) is 12.1 Å². The second-order valence-corrected chi connectivity index (χ2v) is 7.08. The maximum Gasteiger partial charge on any atom is 0.235 e. The lowest BCUT2D eigenvalue weighted by molar-refractivity contribution is 0.170. The molecule has 1 aliphatic carbocycles. The fourth-order valence-corrected chi connectivity index (χ4v) is 4.23. The van der Waals surface area contributed by atoms with Crippen molar-refractivity contribution in [2.45, 2.75) is 43.7 Å². The molecule has 2 aliphatic rings. The molecule has 0 aromatic heterocycles. The second kappa shape index (κ2) is 6.76. The molecule has 1 saturated carbocycles. The summed E-state index contributed by atoms with van der Waals surface area (Å²) in [5.74, 6) is 3.75. The van der Waals surface area contributed by atoms with Crippen molar-refractivity contribution in [1.29, 1.82) is 0 Å². The number of ether oxygens (including phenoxy) is 2. The molecule has 1 saturated heterocycles. The van der Waals surface area contributed by atoms with Crippen LogP contribution in [0.2, 0.25) is 0 Å². The molecule has 1 aromatic carbocycles. The number of isocyanates is 1. The summed E-state index contributed by atoms with van der Waals surface area (Å²) in [5.41, 5.74) is 0.509. The van der Waals surface area contributed by atoms with E-state index in [1.54, 1.807) is 13.2 Å². The smallest absolute Gasteiger partial charge is 0.235 e. The Morgan fingerprint density at radius 2 is 2.09 bits per heavy atom. The van der Waals surface area contributed by atoms with Gasteiger partial charge in [0.15, 0.2) is 11.5 Å². The summed E-state index contributed by atoms with van der Waals surface area (Å²) < 4.78 is 11.8. The summed E-state index contributed by atoms with van der Waals surface area (Å²) in [6, 6.07) is 5.86. The number of nitrogens with zero attached hydrogens (tertiary/aromatic N) is 1. The molecule has 1 aromatic rings. The van der Waals surface area contributed by atoms with Crippen LogP contribution >= 0.6 is 11.8 Å². The Morgan fingerprint density at radius 1 is 1.32 bits per heavy atom. The van der Waals surface area contributed by atoms with Crippen molar-refractivity contribution in [2.75, 3.05) is 18.6 Å². The molecular formula is C17H21NO3S. The number of methoxy groups -OCH3 is 1. The Hall–Kier alpha value is -1.45. The van der Waals surface area contributed by atoms with E-state index in [1.165, 1.54) is 0 Å². The van der Waals surface area contributed by atoms with Crippen molar-refractivity contribution >= 4 is 17.8 Å². The Bertz CT molecular complexity index is 573. The van der Waals surface area contributed by atoms with Gasteiger partial charge in [-0.3, -0.25) is 0 Å². The number of hydrogen-bond donors (Lipinski definition) is 0. The van der Waals surface area contributed by atoms with E-state index in [9.17, 15) is 4.79 Å². The predicted octanol–water partition coefficient (Wildman–Crippen LogP) is 3.68. The zero-order valence-corrected chi connectivity index (χ0v) is 13.7. The molecular weight excluding hydrogens is 298 g/mol. The van der Waals surface area contributed by atoms with Crippen LogP contribution < -0.4 is 9.47 Å². The van der Waals surface area contributed by atoms with Gasteiger partial charge in [0, 0.05) is 5.56 Å². The first kappa shape index (κ1) is 15.4. The van der Waals surface area contributed by atoms with Crippen molar-refractivity contribution in [3.8, 4) is 11.5 Å². The van der Waals surface area contributed by atoms with Crippen molar-refractivity contribution in [2.24, 2.45) is 4.99 Å². The molecule has 2 fully saturated rings. The average Bonchev–Trinajstić information content (AvgIpc) is 2.52. The molecule has 1 aliphatic heterocycles. The van der Waals surface area contributed by atoms with Gasteiger partial charge in [0.05, 0.1) is 7.11 Å². The van der Waals surface area contributed by atoms with E-state index < -0.39 is 5.54 Å². The van der Waals surface area contributed by atoms with E-state index in [1.807, 2.05) is 30.0 Å². The third-order valence-electron chi connectivity index (χ3n) is 4.59. The first-order valence-corrected chi connectivity index (χ1v) is 8.95. The van der Waals surface area contributed by atoms with Crippen molar-refractivity contribution in [1.82, 2.24) is 0 Å². The van der Waals surface area contributed by atoms with Gasteiger partial charge >= 0.3 is 0 Å². The van der Waals surface area contributed by atoms with Gasteiger partial charge < -0.3 is 9.47 Å². The number of rotatable bonds is 5. The molecule has 1 heterocycles. The summed E-state index contributed by atoms with van der Waals surface area (Å²) in [5, 5.41) is 0. The van der Waals surface area contributed by atoms with Crippen molar-refractivity contribution < 1.29 is 14.3 Å². The van der Waals surface area contributed by atoms with Crippen LogP contribution in [0.1, 0.15) is 37.7 Å². The quantitative estimate of drug-likeness (QED) is 0.613. The lowest BCUT2D eigenvalue weighted by Crippen LogP contribution is -2.33. The molecule has 0 amide bonds. The third kappa shape index (κ3) is 2.88. The van der Waals surface area contributed by atoms with Crippen LogP contribution in [0.25, 0.3) is 0 Å². The lowest BCUT2D eigenvalue weighted by Gasteiger charge is -2.39. The van der Waals surface area contributed by atoms with Crippen LogP contribution in [-0.4, -0.2) is 30.8 Å². The highest BCUT2D eigenvalue weighted by Gasteiger charge is 2.42. The number of hydrogen-bond acceptors (Lipinski definition) is 5. The summed E-state index contributed by atoms with van der Waals surface area (Å²) in [4.78, 5) is 15.0. The van der Waals surface area contributed by atoms with Gasteiger partial charge in [-0.05, 0) is 49.7 Å². The van der Waals surface area contributed by atoms with Crippen molar-refractivity contribution in [3.05, 3.63) is 23.8 Å². The number of benzene rings is 1. The molecule has 0 spiro atoms. The topological polar surface area (TPSA) is 47.9 Å². The van der Waals surface area contributed by atoms with E-state index in [0.717, 1.165) is 60.7 Å². The van der Waals surface area contributed by atoms with E-state index >= 15 is 0 Å². The van der Waals surface area contributed by atoms with Gasteiger partial charge in [-0.15, -0.1) is 0 Å². The Balaban J connectivity index is 1.96. The Kier molecular flexibility index (Phi) is 4.74. The maximum atomic E-state index is 10.9. The van der Waals surface area contributed by atoms with Crippen LogP contribution in [-0.2, 0) is 10.3 Å². The molecule has 4 nitrogen and oxygen atoms in total. The molecule has 5 heteroatoms. The normalized spacial score (nSPS) is 20.6. The molecule has 118 valence electrons. The number of aliphatic imine (C=N–C) groups is 1. The second-order valence-electron chi connectivity index (χ2n) is 5.85. The van der Waals surface area contributed by atoms with E-state index in [2.05, 4.69) is 4.99 Å². The number of carbonyl (C=O) groups excluding carboxylic acids is 1. The molecule has 0 unspecified atom stereocenters. The van der Waals surface area contributed by atoms with E-state index in [-0.39, 0.29) is 6.10 Å². The monoisotopic (exact) mass is 319 g/mol. The minimum atomic E-state index is -0.463. The summed E-state index contributed by atoms with van der Waals surface area (Å²) in [7, 11) is 1.65. The van der Waals surface area contributed by atoms with Crippen molar-refractivity contribution in [3.63, 3.8) is 0 Å². The first-order chi connectivity index (χ1) is 10.8. The maximum absolute atomic E-state index is 10.9. The molecule has 0 radical (unpaired) electrons. The minimum Gasteiger partial charge on any atom is -0.493 e. The van der Waals surface area contributed by atoms with Crippen LogP contribution in [0.15, 0.2) is 23.2 Å². The zero-order chi connectivity index (χ0) is 15.4. The molecule has 22 heavy (non-hydrogen) atoms. The Morgan fingerprint density at radius 3 is 2.68 bits per heavy atom. The SMILES string of the molecule is COc1cccc(C2(N=C=O)CCC2)c1OC1CCSCC1. The number of para-hydroxylation sites is 1. The molecule has 0 N–H and O–H groups in total. The van der Waals surface area contributed by atoms with Crippen LogP contribution in [0, 0.1) is 0 Å². The standard InChI is InChI=1S/C17H21NO3S/c1-20-15-5-2-4-14(17(18-12-19)8-3-9-17)16(15)21-13-6-10-22-11-7-13/h2,4-5,13H,3,6-11H2,1H3.